The van der Waals surface area contributed by atoms with Gasteiger partial charge in [0.25, 0.3) is 0 Å². The van der Waals surface area contributed by atoms with Gasteiger partial charge in [-0.15, -0.1) is 0 Å². The lowest BCUT2D eigenvalue weighted by Crippen LogP contribution is -2.88. The minimum atomic E-state index is 0.198. The summed E-state index contributed by atoms with van der Waals surface area (Å²) in [4.78, 5) is 2.48. The van der Waals surface area contributed by atoms with Crippen LogP contribution in [0.4, 0.5) is 17.1 Å². The summed E-state index contributed by atoms with van der Waals surface area (Å²) >= 11 is 0. The first-order valence-electron chi connectivity index (χ1n) is 25.5. The molecule has 4 atom stereocenters. The van der Waals surface area contributed by atoms with E-state index in [1.807, 2.05) is 0 Å². The molecule has 0 heterocycles. The van der Waals surface area contributed by atoms with E-state index in [0.29, 0.717) is 5.41 Å². The SMILES string of the molecule is c1ccc(-c2cccc3cccc(-c4ccccc4N(c4ccc(-c5ccc6c(c5)C5(c7ccccc7-6)C6CC7CC8CC5C786)cc4)c4ccc(-c5cccc6c5ccc5ccccc56)cc4)c23)cc1. The Bertz CT molecular complexity index is 3930. The zero-order valence-electron chi connectivity index (χ0n) is 38.9. The van der Waals surface area contributed by atoms with Gasteiger partial charge in [0.2, 0.25) is 0 Å². The van der Waals surface area contributed by atoms with Gasteiger partial charge in [0.1, 0.15) is 0 Å². The van der Waals surface area contributed by atoms with Crippen LogP contribution in [-0.2, 0) is 5.41 Å². The van der Waals surface area contributed by atoms with Crippen molar-refractivity contribution in [2.24, 2.45) is 29.1 Å². The van der Waals surface area contributed by atoms with Crippen molar-refractivity contribution >= 4 is 49.4 Å². The largest absolute Gasteiger partial charge is 0.310 e. The Kier molecular flexibility index (Phi) is 7.94. The predicted octanol–water partition coefficient (Wildman–Crippen LogP) is 18.2. The minimum Gasteiger partial charge on any atom is -0.310 e. The molecule has 1 heteroatoms. The van der Waals surface area contributed by atoms with Crippen molar-refractivity contribution in [3.05, 3.63) is 248 Å². The molecule has 0 aliphatic heterocycles. The summed E-state index contributed by atoms with van der Waals surface area (Å²) in [5.41, 5.74) is 20.3. The van der Waals surface area contributed by atoms with E-state index in [0.717, 1.165) is 40.7 Å². The lowest BCUT2D eigenvalue weighted by Gasteiger charge is -2.92. The number of fused-ring (bicyclic) bond motifs is 11. The van der Waals surface area contributed by atoms with E-state index in [1.54, 1.807) is 11.1 Å². The molecular formula is C69H49N. The minimum absolute atomic E-state index is 0.198. The van der Waals surface area contributed by atoms with Crippen molar-refractivity contribution in [1.29, 1.82) is 0 Å². The molecule has 5 aliphatic rings. The van der Waals surface area contributed by atoms with Gasteiger partial charge in [-0.25, -0.2) is 0 Å². The molecule has 1 nitrogen and oxygen atoms in total. The quantitative estimate of drug-likeness (QED) is 0.144. The van der Waals surface area contributed by atoms with Crippen molar-refractivity contribution < 1.29 is 0 Å². The van der Waals surface area contributed by atoms with Crippen LogP contribution < -0.4 is 4.90 Å². The van der Waals surface area contributed by atoms with Gasteiger partial charge in [-0.1, -0.05) is 200 Å². The number of hydrogen-bond acceptors (Lipinski definition) is 1. The fraction of sp³-hybridized carbons (Fsp3) is 0.130. The number of para-hydroxylation sites is 1. The predicted molar refractivity (Wildman–Crippen MR) is 292 cm³/mol. The van der Waals surface area contributed by atoms with Crippen LogP contribution in [0.25, 0.3) is 88.0 Å². The van der Waals surface area contributed by atoms with Crippen LogP contribution in [0, 0.1) is 29.1 Å². The Morgan fingerprint density at radius 3 is 1.69 bits per heavy atom. The average molecular weight is 892 g/mol. The second kappa shape index (κ2) is 14.3. The lowest BCUT2D eigenvalue weighted by molar-refractivity contribution is -0.412. The van der Waals surface area contributed by atoms with E-state index in [4.69, 9.17) is 0 Å². The van der Waals surface area contributed by atoms with Crippen molar-refractivity contribution in [2.75, 3.05) is 4.90 Å². The monoisotopic (exact) mass is 891 g/mol. The fourth-order valence-electron chi connectivity index (χ4n) is 15.8. The first-order chi connectivity index (χ1) is 34.7. The Labute approximate surface area is 409 Å². The smallest absolute Gasteiger partial charge is 0.0540 e. The number of benzene rings is 11. The number of hydrogen-bond donors (Lipinski definition) is 0. The van der Waals surface area contributed by atoms with Crippen LogP contribution >= 0.6 is 0 Å². The summed E-state index contributed by atoms with van der Waals surface area (Å²) in [6.45, 7) is 0. The topological polar surface area (TPSA) is 3.24 Å². The first kappa shape index (κ1) is 38.9. The maximum Gasteiger partial charge on any atom is 0.0540 e. The molecule has 70 heavy (non-hydrogen) atoms. The van der Waals surface area contributed by atoms with E-state index in [1.165, 1.54) is 107 Å². The molecule has 0 bridgehead atoms. The van der Waals surface area contributed by atoms with Crippen LogP contribution in [-0.4, -0.2) is 0 Å². The highest BCUT2D eigenvalue weighted by atomic mass is 15.1. The van der Waals surface area contributed by atoms with Gasteiger partial charge in [-0.05, 0) is 178 Å². The van der Waals surface area contributed by atoms with Crippen molar-refractivity contribution in [1.82, 2.24) is 0 Å². The third-order valence-electron chi connectivity index (χ3n) is 18.6. The van der Waals surface area contributed by atoms with Crippen LogP contribution in [0.5, 0.6) is 0 Å². The summed E-state index contributed by atoms with van der Waals surface area (Å²) in [6, 6.07) is 89.0. The highest BCUT2D eigenvalue weighted by Gasteiger charge is 2.90. The highest BCUT2D eigenvalue weighted by Crippen LogP contribution is 2.94. The summed E-state index contributed by atoms with van der Waals surface area (Å²) < 4.78 is 0. The lowest BCUT2D eigenvalue weighted by atomic mass is 9.11. The number of rotatable bonds is 7. The number of anilines is 3. The summed E-state index contributed by atoms with van der Waals surface area (Å²) in [5, 5.41) is 7.60. The summed E-state index contributed by atoms with van der Waals surface area (Å²) in [7, 11) is 0. The first-order valence-corrected chi connectivity index (χ1v) is 25.5. The van der Waals surface area contributed by atoms with Crippen LogP contribution in [0.2, 0.25) is 0 Å². The Morgan fingerprint density at radius 1 is 0.329 bits per heavy atom. The molecule has 0 saturated heterocycles. The van der Waals surface area contributed by atoms with Crippen LogP contribution in [0.15, 0.2) is 237 Å². The summed E-state index contributed by atoms with van der Waals surface area (Å²) in [6.07, 6.45) is 4.33. The van der Waals surface area contributed by atoms with Crippen molar-refractivity contribution in [2.45, 2.75) is 24.7 Å². The van der Waals surface area contributed by atoms with Gasteiger partial charge >= 0.3 is 0 Å². The highest BCUT2D eigenvalue weighted by molar-refractivity contribution is 6.12. The standard InChI is InChI=1S/C69H49N/c1-2-13-44(14-3-1)55-22-10-16-47-17-11-24-61(67(47)55)60-20-7-9-26-64(60)70(52-35-29-46(30-36-52)54-21-12-23-56-53-18-5-4-15-45(53)31-37-57(54)56)51-33-27-43(28-34-51)48-32-38-59-58-19-6-8-25-62(58)69(63(59)39-48)65-41-49-40-50-42-66(69)68(49,50)65/h1-39,49-50,65-66H,40-42H2. The van der Waals surface area contributed by atoms with Crippen molar-refractivity contribution in [3.8, 4) is 55.6 Å². The van der Waals surface area contributed by atoms with Gasteiger partial charge in [0, 0.05) is 22.4 Å². The third-order valence-corrected chi connectivity index (χ3v) is 18.6. The average Bonchev–Trinajstić information content (AvgIpc) is 3.78. The second-order valence-corrected chi connectivity index (χ2v) is 21.1. The van der Waals surface area contributed by atoms with E-state index in [9.17, 15) is 0 Å². The fourth-order valence-corrected chi connectivity index (χ4v) is 15.8. The molecule has 5 aliphatic carbocycles. The molecule has 330 valence electrons. The Hall–Kier alpha value is -8.00. The zero-order chi connectivity index (χ0) is 45.7. The molecule has 0 aromatic heterocycles. The molecule has 11 aromatic rings. The molecule has 11 aromatic carbocycles. The van der Waals surface area contributed by atoms with Gasteiger partial charge in [0.05, 0.1) is 5.69 Å². The Balaban J connectivity index is 0.834. The Morgan fingerprint density at radius 2 is 0.900 bits per heavy atom. The molecule has 4 unspecified atom stereocenters. The normalized spacial score (nSPS) is 22.8. The maximum atomic E-state index is 2.61. The van der Waals surface area contributed by atoms with Gasteiger partial charge in [-0.2, -0.15) is 0 Å². The molecule has 2 spiro atoms. The third kappa shape index (κ3) is 4.97. The molecule has 0 N–H and O–H groups in total. The van der Waals surface area contributed by atoms with Gasteiger partial charge < -0.3 is 4.90 Å². The van der Waals surface area contributed by atoms with Crippen molar-refractivity contribution in [3.63, 3.8) is 0 Å². The second-order valence-electron chi connectivity index (χ2n) is 21.1. The number of nitrogens with zero attached hydrogens (tertiary/aromatic N) is 1. The van der Waals surface area contributed by atoms with Crippen LogP contribution in [0.1, 0.15) is 30.4 Å². The van der Waals surface area contributed by atoms with E-state index >= 15 is 0 Å². The van der Waals surface area contributed by atoms with Gasteiger partial charge in [0.15, 0.2) is 0 Å². The molecular weight excluding hydrogens is 843 g/mol. The molecule has 4 saturated carbocycles. The maximum absolute atomic E-state index is 2.61. The van der Waals surface area contributed by atoms with E-state index in [-0.39, 0.29) is 5.41 Å². The zero-order valence-corrected chi connectivity index (χ0v) is 38.9. The van der Waals surface area contributed by atoms with E-state index < -0.39 is 0 Å². The molecule has 0 radical (unpaired) electrons. The molecule has 0 amide bonds. The molecule has 16 rings (SSSR count). The van der Waals surface area contributed by atoms with Gasteiger partial charge in [-0.3, -0.25) is 0 Å². The van der Waals surface area contributed by atoms with Crippen LogP contribution in [0.3, 0.4) is 0 Å². The molecule has 4 fully saturated rings. The van der Waals surface area contributed by atoms with E-state index in [2.05, 4.69) is 241 Å². The summed E-state index contributed by atoms with van der Waals surface area (Å²) in [5.74, 6) is 3.62.